The molecule has 3 aromatic carbocycles. The van der Waals surface area contributed by atoms with Crippen LogP contribution in [0.3, 0.4) is 0 Å². The molecule has 0 saturated carbocycles. The number of thiol groups is 1. The van der Waals surface area contributed by atoms with Crippen LogP contribution in [-0.4, -0.2) is 84.7 Å². The molecule has 0 radical (unpaired) electrons. The molecule has 1 saturated heterocycles. The van der Waals surface area contributed by atoms with Crippen LogP contribution >= 0.6 is 12.5 Å². The summed E-state index contributed by atoms with van der Waals surface area (Å²) in [6.07, 6.45) is 6.24. The van der Waals surface area contributed by atoms with Gasteiger partial charge in [-0.25, -0.2) is 9.59 Å². The Morgan fingerprint density at radius 2 is 1.25 bits per heavy atom. The second kappa shape index (κ2) is 25.2. The zero-order valence-corrected chi connectivity index (χ0v) is 27.3. The number of aromatic carboxylic acids is 1. The number of aromatic hydroxyl groups is 2. The van der Waals surface area contributed by atoms with Crippen molar-refractivity contribution in [3.8, 4) is 30.1 Å². The molecule has 15 nitrogen and oxygen atoms in total. The van der Waals surface area contributed by atoms with Gasteiger partial charge in [0.05, 0.1) is 5.56 Å². The topological polar surface area (TPSA) is 235 Å². The molecule has 0 aromatic heterocycles. The van der Waals surface area contributed by atoms with E-state index in [1.807, 2.05) is 0 Å². The van der Waals surface area contributed by atoms with Crippen molar-refractivity contribution in [3.63, 3.8) is 0 Å². The molecule has 0 aliphatic carbocycles. The van der Waals surface area contributed by atoms with E-state index in [-0.39, 0.29) is 53.0 Å². The first-order valence-corrected chi connectivity index (χ1v) is 14.1. The van der Waals surface area contributed by atoms with E-state index in [1.165, 1.54) is 81.2 Å². The Kier molecular flexibility index (Phi) is 21.0. The number of rotatable bonds is 5. The number of carbonyl (C=O) groups excluding carboxylic acids is 5. The summed E-state index contributed by atoms with van der Waals surface area (Å²) in [5.74, 6) is -2.64. The maximum absolute atomic E-state index is 11.5. The Labute approximate surface area is 285 Å². The third kappa shape index (κ3) is 16.3. The number of terminal acetylenes is 1. The maximum atomic E-state index is 11.5. The summed E-state index contributed by atoms with van der Waals surface area (Å²) in [7, 11) is 4.51. The summed E-state index contributed by atoms with van der Waals surface area (Å²) < 4.78 is 16.7. The fourth-order valence-electron chi connectivity index (χ4n) is 3.12. The van der Waals surface area contributed by atoms with Gasteiger partial charge in [-0.3, -0.25) is 24.0 Å². The average Bonchev–Trinajstić information content (AvgIpc) is 3.42. The minimum absolute atomic E-state index is 0.00172. The quantitative estimate of drug-likeness (QED) is 0.0674. The van der Waals surface area contributed by atoms with Gasteiger partial charge in [0.2, 0.25) is 0 Å². The van der Waals surface area contributed by atoms with Crippen molar-refractivity contribution in [2.75, 3.05) is 27.4 Å². The lowest BCUT2D eigenvalue weighted by Crippen LogP contribution is -2.33. The Morgan fingerprint density at radius 3 is 1.65 bits per heavy atom. The van der Waals surface area contributed by atoms with Gasteiger partial charge in [0.1, 0.15) is 19.7 Å². The van der Waals surface area contributed by atoms with Crippen LogP contribution in [0.5, 0.6) is 17.2 Å². The first-order chi connectivity index (χ1) is 23.8. The van der Waals surface area contributed by atoms with Crippen LogP contribution in [-0.2, 0) is 14.4 Å². The van der Waals surface area contributed by atoms with Gasteiger partial charge in [-0.15, -0.1) is 12.8 Å². The van der Waals surface area contributed by atoms with E-state index in [9.17, 15) is 28.8 Å². The molecule has 1 heterocycles. The summed E-state index contributed by atoms with van der Waals surface area (Å²) in [5.41, 5.74) is 5.35. The second-order valence-electron chi connectivity index (χ2n) is 8.12. The van der Waals surface area contributed by atoms with Crippen LogP contribution in [0.25, 0.3) is 0 Å². The van der Waals surface area contributed by atoms with E-state index < -0.39 is 23.9 Å². The number of nitrogens with two attached hydrogens (primary N) is 1. The molecule has 4 amide bonds. The number of benzene rings is 3. The predicted molar refractivity (Wildman–Crippen MR) is 180 cm³/mol. The van der Waals surface area contributed by atoms with Gasteiger partial charge < -0.3 is 36.4 Å². The van der Waals surface area contributed by atoms with Crippen molar-refractivity contribution in [2.24, 2.45) is 5.73 Å². The van der Waals surface area contributed by atoms with Crippen molar-refractivity contribution in [3.05, 3.63) is 89.5 Å². The number of ether oxygens (including phenoxy) is 1. The Balaban J connectivity index is 0. The van der Waals surface area contributed by atoms with Gasteiger partial charge in [0.15, 0.2) is 0 Å². The summed E-state index contributed by atoms with van der Waals surface area (Å²) in [6.45, 7) is 0. The highest BCUT2D eigenvalue weighted by Gasteiger charge is 2.33. The standard InChI is InChI=1S/C13H12N2O6.C8H9NO2.C7H6O3.C2H2.CH5N.CH4S/c1-14-12(18)8-3-2-4-9(7-8)20-13(19)21-15-10(16)5-6-11(15)17;1-9-8(11)6-3-2-4-7(10)5-6;8-6-3-1-2-5(4-6)7(9)10;3*1-2/h2-4,7H,5-6H2,1H3,(H,14,18);2-5,10H,1H3,(H,9,11);1-4,8H,(H,9,10);1-2H;2H2,1H3;2H,1H3/i;;;1D;;/hD. The normalized spacial score (nSPS) is 10.9. The van der Waals surface area contributed by atoms with Crippen molar-refractivity contribution in [1.29, 1.82) is 1.12 Å². The van der Waals surface area contributed by atoms with Crippen LogP contribution in [0.2, 0.25) is 0 Å². The highest BCUT2D eigenvalue weighted by atomic mass is 32.1. The first kappa shape index (κ1) is 40.0. The number of hydrogen-bond donors (Lipinski definition) is 7. The summed E-state index contributed by atoms with van der Waals surface area (Å²) in [4.78, 5) is 71.2. The maximum Gasteiger partial charge on any atom is 0.539 e. The van der Waals surface area contributed by atoms with Gasteiger partial charge in [-0.2, -0.15) is 12.5 Å². The molecule has 1 fully saturated rings. The number of nitrogens with zero attached hydrogens (tertiary/aromatic N) is 1. The van der Waals surface area contributed by atoms with E-state index in [0.717, 1.165) is 12.5 Å². The Morgan fingerprint density at radius 1 is 0.854 bits per heavy atom. The second-order valence-corrected chi connectivity index (χ2v) is 8.12. The minimum Gasteiger partial charge on any atom is -0.508 e. The number of carboxylic acid groups (broad SMARTS) is 1. The summed E-state index contributed by atoms with van der Waals surface area (Å²) in [5, 5.41) is 31.4. The number of nitrogens with one attached hydrogen (secondary N) is 2. The molecule has 258 valence electrons. The molecule has 1 aliphatic rings. The molecule has 0 bridgehead atoms. The van der Waals surface area contributed by atoms with E-state index in [2.05, 4.69) is 27.6 Å². The molecule has 7 N–H and O–H groups in total. The van der Waals surface area contributed by atoms with Gasteiger partial charge >= 0.3 is 12.1 Å². The fourth-order valence-corrected chi connectivity index (χ4v) is 3.12. The summed E-state index contributed by atoms with van der Waals surface area (Å²) >= 11 is 1.000. The highest BCUT2D eigenvalue weighted by Crippen LogP contribution is 2.17. The van der Waals surface area contributed by atoms with E-state index in [4.69, 9.17) is 22.6 Å². The number of amides is 4. The largest absolute Gasteiger partial charge is 0.539 e. The van der Waals surface area contributed by atoms with Crippen molar-refractivity contribution < 1.29 is 55.0 Å². The van der Waals surface area contributed by atoms with E-state index in [0.29, 0.717) is 10.6 Å². The fraction of sp³-hybridized carbons (Fsp3) is 0.188. The van der Waals surface area contributed by atoms with Gasteiger partial charge in [-0.05, 0) is 67.9 Å². The molecular formula is C32H38N4O11S. The Bertz CT molecular complexity index is 1590. The molecule has 48 heavy (non-hydrogen) atoms. The number of phenolic OH excluding ortho intramolecular Hbond substituents is 2. The summed E-state index contributed by atoms with van der Waals surface area (Å²) in [6, 6.07) is 17.5. The predicted octanol–water partition coefficient (Wildman–Crippen LogP) is 2.84. The zero-order chi connectivity index (χ0) is 38.6. The van der Waals surface area contributed by atoms with Gasteiger partial charge in [-0.1, -0.05) is 23.3 Å². The monoisotopic (exact) mass is 688 g/mol. The molecule has 0 atom stereocenters. The number of phenols is 2. The molecule has 1 aliphatic heterocycles. The van der Waals surface area contributed by atoms with E-state index in [1.54, 1.807) is 25.4 Å². The number of imide groups is 1. The SMILES string of the molecule is CN.CNC(=O)c1cccc(O)c1.CNC(=O)c1cccc(OC(=O)ON2C(=O)CCC2=O)c1.O=C(O)c1cccc(O)c1.[2H]C#C.[2H]SC. The molecule has 0 unspecified atom stereocenters. The molecular weight excluding hydrogens is 648 g/mol. The third-order valence-electron chi connectivity index (χ3n) is 5.12. The first-order valence-electron chi connectivity index (χ1n) is 14.2. The number of carboxylic acids is 1. The number of hydrogen-bond acceptors (Lipinski definition) is 12. The van der Waals surface area contributed by atoms with Gasteiger partial charge in [0.25, 0.3) is 23.6 Å². The van der Waals surface area contributed by atoms with Crippen LogP contribution in [0, 0.1) is 12.8 Å². The third-order valence-corrected chi connectivity index (χ3v) is 5.12. The van der Waals surface area contributed by atoms with E-state index >= 15 is 0 Å². The molecule has 4 rings (SSSR count). The van der Waals surface area contributed by atoms with Crippen LogP contribution in [0.1, 0.15) is 45.3 Å². The van der Waals surface area contributed by atoms with Gasteiger partial charge in [0, 0.05) is 38.1 Å². The van der Waals surface area contributed by atoms with Crippen LogP contribution in [0.4, 0.5) is 4.79 Å². The molecule has 16 heteroatoms. The molecule has 0 spiro atoms. The number of hydroxylamine groups is 2. The highest BCUT2D eigenvalue weighted by molar-refractivity contribution is 7.79. The lowest BCUT2D eigenvalue weighted by Gasteiger charge is -2.12. The van der Waals surface area contributed by atoms with Crippen LogP contribution < -0.4 is 21.1 Å². The van der Waals surface area contributed by atoms with Crippen molar-refractivity contribution in [2.45, 2.75) is 12.8 Å². The average molecular weight is 689 g/mol. The molecule has 3 aromatic rings. The number of carbonyl (C=O) groups is 6. The van der Waals surface area contributed by atoms with Crippen molar-refractivity contribution in [1.82, 2.24) is 15.7 Å². The van der Waals surface area contributed by atoms with Crippen LogP contribution in [0.15, 0.2) is 72.8 Å². The lowest BCUT2D eigenvalue weighted by molar-refractivity contribution is -0.174. The zero-order valence-electron chi connectivity index (χ0n) is 28.5. The lowest BCUT2D eigenvalue weighted by atomic mass is 10.2. The Hall–Kier alpha value is -6.05. The smallest absolute Gasteiger partial charge is 0.508 e. The van der Waals surface area contributed by atoms with Crippen molar-refractivity contribution >= 4 is 48.3 Å². The minimum atomic E-state index is -1.23.